The van der Waals surface area contributed by atoms with Crippen LogP contribution in [0.4, 0.5) is 0 Å². The van der Waals surface area contributed by atoms with Crippen LogP contribution in [-0.2, 0) is 56.9 Å². The van der Waals surface area contributed by atoms with Crippen molar-refractivity contribution in [2.75, 3.05) is 33.0 Å². The van der Waals surface area contributed by atoms with Gasteiger partial charge in [0.2, 0.25) is 6.29 Å². The van der Waals surface area contributed by atoms with Crippen molar-refractivity contribution < 1.29 is 149 Å². The lowest BCUT2D eigenvalue weighted by Gasteiger charge is -2.73. The van der Waals surface area contributed by atoms with E-state index in [9.17, 15) is 91.9 Å². The fourth-order valence-corrected chi connectivity index (χ4v) is 20.4. The highest BCUT2D eigenvalue weighted by atomic mass is 16.8. The number of aliphatic hydroxyl groups excluding tert-OH is 18. The summed E-state index contributed by atoms with van der Waals surface area (Å²) in [5.41, 5.74) is -2.06. The van der Waals surface area contributed by atoms with E-state index in [0.717, 1.165) is 24.8 Å². The summed E-state index contributed by atoms with van der Waals surface area (Å²) in [5.74, 6) is -1.45. The number of ether oxygens (including phenoxy) is 11. The summed E-state index contributed by atoms with van der Waals surface area (Å²) < 4.78 is 65.9. The molecule has 18 N–H and O–H groups in total. The molecule has 95 heavy (non-hydrogen) atoms. The molecule has 6 heterocycles. The molecule has 0 aromatic heterocycles. The lowest BCUT2D eigenvalue weighted by atomic mass is 9.31. The van der Waals surface area contributed by atoms with Crippen molar-refractivity contribution in [1.82, 2.24) is 0 Å². The van der Waals surface area contributed by atoms with Gasteiger partial charge < -0.3 is 144 Å². The quantitative estimate of drug-likeness (QED) is 0.0511. The SMILES string of the molecule is C=C(C)[C@@H]1CC[C@]2(C(=O)O[C@@H]3O[C@@H](C)[C@H](O[C@@H]4O[C@H](CO[C@@H]5O[C@H](CO)[C@@H](O)[C@H](O)[C@H]5O)[C@@H](O)[C@H](O)[C@H]4O)[C@@H](O)[C@H]3O)CC[C@]3(C)[C@H](CC[C@@H]4[C@@]5(C)CC[C@H]([C@@H]6OC[C@H](O[C@@H]7O[C@H](CO)[C@@H](O)[C@H](O)[C@H]7O)[C@H](O)[C@H]6O[C@@H]6O[C@@H](C)[C@H](O)[C@@H](O)[C@H]6O)[C@@](C)(CO)[C@@H]5CC[C@]43C)[C@@H]12. The minimum absolute atomic E-state index is 0.00966. The molecule has 0 aromatic carbocycles. The normalized spacial score (nSPS) is 56.5. The zero-order valence-electron chi connectivity index (χ0n) is 55.0. The van der Waals surface area contributed by atoms with Gasteiger partial charge in [-0.15, -0.1) is 0 Å². The summed E-state index contributed by atoms with van der Waals surface area (Å²) in [4.78, 5) is 15.3. The second-order valence-corrected chi connectivity index (χ2v) is 30.8. The molecule has 11 rings (SSSR count). The van der Waals surface area contributed by atoms with Gasteiger partial charge in [0, 0.05) is 6.61 Å². The molecule has 0 spiro atoms. The van der Waals surface area contributed by atoms with E-state index in [2.05, 4.69) is 27.4 Å². The zero-order valence-corrected chi connectivity index (χ0v) is 55.0. The Balaban J connectivity index is 0.785. The predicted molar refractivity (Wildman–Crippen MR) is 319 cm³/mol. The van der Waals surface area contributed by atoms with Crippen molar-refractivity contribution in [2.45, 2.75) is 291 Å². The molecule has 11 fully saturated rings. The largest absolute Gasteiger partial charge is 0.432 e. The number of carbonyl (C=O) groups is 1. The van der Waals surface area contributed by atoms with E-state index < -0.39 is 220 Å². The molecule has 5 saturated carbocycles. The summed E-state index contributed by atoms with van der Waals surface area (Å²) in [6, 6.07) is 0. The topological polar surface area (TPSA) is 483 Å². The molecule has 0 amide bonds. The highest BCUT2D eigenvalue weighted by Gasteiger charge is 2.74. The van der Waals surface area contributed by atoms with Crippen molar-refractivity contribution in [2.24, 2.45) is 62.6 Å². The van der Waals surface area contributed by atoms with Gasteiger partial charge in [0.25, 0.3) is 0 Å². The maximum Gasteiger partial charge on any atom is 0.314 e. The predicted octanol–water partition coefficient (Wildman–Crippen LogP) is -4.59. The molecule has 30 nitrogen and oxygen atoms in total. The van der Waals surface area contributed by atoms with Crippen molar-refractivity contribution in [3.05, 3.63) is 12.2 Å². The number of aliphatic hydroxyl groups is 18. The summed E-state index contributed by atoms with van der Waals surface area (Å²) in [5, 5.41) is 196. The third kappa shape index (κ3) is 12.3. The second kappa shape index (κ2) is 28.0. The van der Waals surface area contributed by atoms with Gasteiger partial charge >= 0.3 is 5.97 Å². The van der Waals surface area contributed by atoms with Crippen LogP contribution in [0.5, 0.6) is 0 Å². The molecule has 0 bridgehead atoms. The van der Waals surface area contributed by atoms with E-state index in [0.29, 0.717) is 44.9 Å². The van der Waals surface area contributed by atoms with E-state index in [1.165, 1.54) is 13.8 Å². The van der Waals surface area contributed by atoms with Crippen LogP contribution in [0.3, 0.4) is 0 Å². The van der Waals surface area contributed by atoms with Gasteiger partial charge in [-0.25, -0.2) is 0 Å². The zero-order chi connectivity index (χ0) is 69.2. The standard InChI is InChI=1S/C65H106O30/c1-24(2)27-11-16-65(60(84)95-57-51(83)46(78)52(26(4)88-57)93-59-50(82)45(77)40(72)32(91-59)22-86-55-47(79)43(75)38(70)30(19-66)89-55)18-17-63(7)28(36(27)65)9-10-35-61(5)14-12-29(62(6,23-68)34(61)13-15-64(35,63)8)53-54(94-56-48(80)42(74)37(69)25(3)87-56)41(73)33(21-85-53)92-58-49(81)44(76)39(71)31(20-67)90-58/h25-59,66-83H,1,9-23H2,2-8H3/t25-,26-,27-,28+,29+,30+,31+,32+,33-,34+,35+,36+,37-,38+,39+,40+,41-,42+,43-,44-,45-,46-,47+,48+,49+,50+,51+,52-,53-,54+,55+,56-,57-,58-,59-,61-,62+,63+,64+,65-/m0/s1. The Labute approximate surface area is 551 Å². The molecule has 0 radical (unpaired) electrons. The van der Waals surface area contributed by atoms with Crippen molar-refractivity contribution >= 4 is 5.97 Å². The lowest BCUT2D eigenvalue weighted by molar-refractivity contribution is -0.360. The number of rotatable bonds is 16. The molecule has 6 saturated heterocycles. The molecule has 11 aliphatic rings. The first-order valence-corrected chi connectivity index (χ1v) is 34.1. The molecule has 6 aliphatic heterocycles. The van der Waals surface area contributed by atoms with Crippen molar-refractivity contribution in [3.8, 4) is 0 Å². The van der Waals surface area contributed by atoms with E-state index in [1.54, 1.807) is 0 Å². The highest BCUT2D eigenvalue weighted by Crippen LogP contribution is 2.78. The Bertz CT molecular complexity index is 2650. The number of allylic oxidation sites excluding steroid dienone is 1. The average molecular weight is 1370 g/mol. The maximum atomic E-state index is 15.3. The number of carbonyl (C=O) groups excluding carboxylic acids is 1. The first-order valence-electron chi connectivity index (χ1n) is 34.1. The number of fused-ring (bicyclic) bond motifs is 7. The van der Waals surface area contributed by atoms with Gasteiger partial charge in [0.15, 0.2) is 25.2 Å². The van der Waals surface area contributed by atoms with Crippen molar-refractivity contribution in [1.29, 1.82) is 0 Å². The average Bonchev–Trinajstić information content (AvgIpc) is 1.59. The minimum atomic E-state index is -1.93. The Hall–Kier alpha value is -1.91. The number of hydrogen-bond acceptors (Lipinski definition) is 30. The second-order valence-electron chi connectivity index (χ2n) is 30.8. The smallest absolute Gasteiger partial charge is 0.314 e. The van der Waals surface area contributed by atoms with Crippen LogP contribution in [0.1, 0.15) is 113 Å². The van der Waals surface area contributed by atoms with E-state index in [1.807, 2.05) is 13.8 Å². The summed E-state index contributed by atoms with van der Waals surface area (Å²) in [6.45, 7) is 15.8. The minimum Gasteiger partial charge on any atom is -0.432 e. The monoisotopic (exact) mass is 1370 g/mol. The third-order valence-corrected chi connectivity index (χ3v) is 26.1. The Morgan fingerprint density at radius 1 is 0.484 bits per heavy atom. The van der Waals surface area contributed by atoms with Crippen LogP contribution in [0.15, 0.2) is 12.2 Å². The first-order chi connectivity index (χ1) is 44.7. The fraction of sp³-hybridized carbons (Fsp3) is 0.954. The number of esters is 1. The Kier molecular flexibility index (Phi) is 21.9. The molecule has 40 atom stereocenters. The summed E-state index contributed by atoms with van der Waals surface area (Å²) in [7, 11) is 0. The molecule has 30 heteroatoms. The Morgan fingerprint density at radius 3 is 1.63 bits per heavy atom. The Morgan fingerprint density at radius 2 is 1.02 bits per heavy atom. The summed E-state index contributed by atoms with van der Waals surface area (Å²) >= 11 is 0. The van der Waals surface area contributed by atoms with Crippen molar-refractivity contribution in [3.63, 3.8) is 0 Å². The van der Waals surface area contributed by atoms with Gasteiger partial charge in [-0.05, 0) is 142 Å². The van der Waals surface area contributed by atoms with E-state index in [-0.39, 0.29) is 59.0 Å². The summed E-state index contributed by atoms with van der Waals surface area (Å²) in [6.07, 6.45) is -40.2. The molecular formula is C65H106O30. The molecule has 0 unspecified atom stereocenters. The highest BCUT2D eigenvalue weighted by molar-refractivity contribution is 5.78. The number of hydrogen-bond donors (Lipinski definition) is 18. The molecule has 546 valence electrons. The van der Waals surface area contributed by atoms with Gasteiger partial charge in [0.05, 0.1) is 50.2 Å². The van der Waals surface area contributed by atoms with Crippen LogP contribution < -0.4 is 0 Å². The van der Waals surface area contributed by atoms with Crippen LogP contribution in [-0.4, -0.2) is 309 Å². The van der Waals surface area contributed by atoms with E-state index >= 15 is 4.79 Å². The third-order valence-electron chi connectivity index (χ3n) is 26.1. The first kappa shape index (κ1) is 74.3. The molecular weight excluding hydrogens is 1260 g/mol. The van der Waals surface area contributed by atoms with Gasteiger partial charge in [0.1, 0.15) is 128 Å². The van der Waals surface area contributed by atoms with Crippen LogP contribution >= 0.6 is 0 Å². The van der Waals surface area contributed by atoms with Crippen LogP contribution in [0.2, 0.25) is 0 Å². The molecule has 0 aromatic rings. The van der Waals surface area contributed by atoms with Crippen LogP contribution in [0, 0.1) is 62.6 Å². The van der Waals surface area contributed by atoms with Gasteiger partial charge in [-0.2, -0.15) is 0 Å². The molecule has 5 aliphatic carbocycles. The lowest BCUT2D eigenvalue weighted by Crippen LogP contribution is -2.69. The van der Waals surface area contributed by atoms with Gasteiger partial charge in [-0.3, -0.25) is 4.79 Å². The van der Waals surface area contributed by atoms with E-state index in [4.69, 9.17) is 52.1 Å². The maximum absolute atomic E-state index is 15.3. The fourth-order valence-electron chi connectivity index (χ4n) is 20.4. The van der Waals surface area contributed by atoms with Gasteiger partial charge in [-0.1, -0.05) is 39.8 Å². The van der Waals surface area contributed by atoms with Crippen LogP contribution in [0.25, 0.3) is 0 Å².